The van der Waals surface area contributed by atoms with Gasteiger partial charge in [-0.1, -0.05) is 102 Å². The summed E-state index contributed by atoms with van der Waals surface area (Å²) in [4.78, 5) is 0. The van der Waals surface area contributed by atoms with Crippen LogP contribution in [0.2, 0.25) is 0 Å². The third-order valence-electron chi connectivity index (χ3n) is 11.4. The van der Waals surface area contributed by atoms with E-state index in [0.29, 0.717) is 11.3 Å². The van der Waals surface area contributed by atoms with Crippen LogP contribution in [-0.2, 0) is 54.3 Å². The van der Waals surface area contributed by atoms with Crippen LogP contribution in [-0.4, -0.2) is 3.21 Å². The summed E-state index contributed by atoms with van der Waals surface area (Å²) in [6.07, 6.45) is 19.2. The van der Waals surface area contributed by atoms with E-state index in [2.05, 4.69) is 191 Å². The molecule has 0 radical (unpaired) electrons. The minimum atomic E-state index is 0. The van der Waals surface area contributed by atoms with Gasteiger partial charge in [-0.2, -0.15) is 17.2 Å². The number of halogens is 2. The molecule has 0 N–H and O–H groups in total. The number of hydrogen-bond acceptors (Lipinski definition) is 0. The molecular weight excluding hydrogens is 787 g/mol. The average molecular weight is 845 g/mol. The Hall–Kier alpha value is -2.96. The maximum absolute atomic E-state index is 3.26. The molecule has 55 heavy (non-hydrogen) atoms. The molecule has 4 aliphatic rings. The third kappa shape index (κ3) is 10.5. The van der Waals surface area contributed by atoms with Gasteiger partial charge in [0, 0.05) is 0 Å². The van der Waals surface area contributed by atoms with Crippen molar-refractivity contribution >= 4 is 14.4 Å². The molecule has 286 valence electrons. The third-order valence-corrected chi connectivity index (χ3v) is 12.3. The molecule has 8 rings (SSSR count). The molecule has 0 aliphatic heterocycles. The fraction of sp³-hybridized carbons (Fsp3) is 0.346. The van der Waals surface area contributed by atoms with Crippen LogP contribution in [0.3, 0.4) is 0 Å². The summed E-state index contributed by atoms with van der Waals surface area (Å²) in [5.41, 5.74) is 19.5. The quantitative estimate of drug-likeness (QED) is 0.166. The summed E-state index contributed by atoms with van der Waals surface area (Å²) in [7, 11) is 0. The van der Waals surface area contributed by atoms with E-state index in [1.54, 1.807) is 27.4 Å². The van der Waals surface area contributed by atoms with Crippen molar-refractivity contribution in [1.29, 1.82) is 0 Å². The second kappa shape index (κ2) is 18.1. The first-order valence-corrected chi connectivity index (χ1v) is 20.8. The molecule has 0 nitrogen and oxygen atoms in total. The van der Waals surface area contributed by atoms with Gasteiger partial charge in [0.05, 0.1) is 0 Å². The molecule has 1 atom stereocenters. The fourth-order valence-electron chi connectivity index (χ4n) is 7.98. The average Bonchev–Trinajstić information content (AvgIpc) is 3.72. The van der Waals surface area contributed by atoms with Gasteiger partial charge in [0.25, 0.3) is 0 Å². The van der Waals surface area contributed by atoms with Gasteiger partial charge in [-0.15, -0.1) is 12.5 Å². The summed E-state index contributed by atoms with van der Waals surface area (Å²) in [6, 6.07) is 31.4. The van der Waals surface area contributed by atoms with E-state index < -0.39 is 0 Å². The fourth-order valence-corrected chi connectivity index (χ4v) is 8.98. The molecule has 0 heterocycles. The number of rotatable bonds is 4. The van der Waals surface area contributed by atoms with Crippen LogP contribution in [0.1, 0.15) is 120 Å². The zero-order chi connectivity index (χ0) is 38.1. The van der Waals surface area contributed by atoms with Gasteiger partial charge in [-0.05, 0) is 70.2 Å². The zero-order valence-corrected chi connectivity index (χ0v) is 38.6. The standard InChI is InChI=1S/C27H29.C15H14.C10H15.2ClH.Zr/c1-16-7-9-26(3,4)24-12-18-11-19-13-25-21(17(2)8-10-27(25,5)6)15-23(19)22(18)14-20(16)24;1-3-8-14(9-4-1)12-7-13-15-10-5-2-6-11-15;1-8-5-6-9(7-8)10(2,3)4;;;/h7-9,12-15H,10-11H2,1-6H3;1-6,8-11H,12-13H2;6-8H,1-4H3;2*1H;/q-1;;-1;;;+2/p-2. The Balaban J connectivity index is 0.000000205. The van der Waals surface area contributed by atoms with Crippen LogP contribution in [0.4, 0.5) is 0 Å². The summed E-state index contributed by atoms with van der Waals surface area (Å²) in [5, 5.41) is 0. The van der Waals surface area contributed by atoms with Crippen molar-refractivity contribution in [3.8, 4) is 11.1 Å². The van der Waals surface area contributed by atoms with E-state index in [0.717, 1.165) is 25.7 Å². The zero-order valence-electron chi connectivity index (χ0n) is 34.6. The first-order valence-electron chi connectivity index (χ1n) is 19.5. The molecule has 0 aromatic heterocycles. The molecule has 4 aromatic carbocycles. The second-order valence-corrected chi connectivity index (χ2v) is 19.6. The first-order chi connectivity index (χ1) is 25.0. The Morgan fingerprint density at radius 1 is 0.745 bits per heavy atom. The van der Waals surface area contributed by atoms with Crippen molar-refractivity contribution in [2.24, 2.45) is 11.3 Å². The molecule has 4 aliphatic carbocycles. The monoisotopic (exact) mass is 842 g/mol. The summed E-state index contributed by atoms with van der Waals surface area (Å²) < 4.78 is 1.60. The SMILES string of the molecule is CC1=C[CH-]C(C)(C)c2cc3c(cc21)-c1cc2c(cc1C3)C(C)(C)CC=C2C.CC1[C-]=CC(C(C)(C)C)=C1.[Cl-].[Cl-].[Zr+2]=[C](Cc1ccccc1)Cc1ccccc1. The minimum absolute atomic E-state index is 0. The molecule has 0 saturated carbocycles. The van der Waals surface area contributed by atoms with E-state index in [1.165, 1.54) is 72.4 Å². The topological polar surface area (TPSA) is 0 Å². The van der Waals surface area contributed by atoms with Crippen molar-refractivity contribution in [2.75, 3.05) is 0 Å². The van der Waals surface area contributed by atoms with Crippen LogP contribution < -0.4 is 24.8 Å². The number of allylic oxidation sites excluding steroid dienone is 8. The summed E-state index contributed by atoms with van der Waals surface area (Å²) in [5.74, 6) is 0.522. The van der Waals surface area contributed by atoms with E-state index in [4.69, 9.17) is 0 Å². The Bertz CT molecular complexity index is 1990. The van der Waals surface area contributed by atoms with Crippen molar-refractivity contribution in [3.05, 3.63) is 172 Å². The predicted octanol–water partition coefficient (Wildman–Crippen LogP) is 7.41. The van der Waals surface area contributed by atoms with Crippen molar-refractivity contribution < 1.29 is 49.0 Å². The Labute approximate surface area is 360 Å². The Morgan fingerprint density at radius 3 is 1.73 bits per heavy atom. The van der Waals surface area contributed by atoms with Gasteiger partial charge in [0.1, 0.15) is 0 Å². The second-order valence-electron chi connectivity index (χ2n) is 17.9. The molecule has 3 heteroatoms. The van der Waals surface area contributed by atoms with Gasteiger partial charge < -0.3 is 24.8 Å². The molecule has 1 unspecified atom stereocenters. The van der Waals surface area contributed by atoms with Gasteiger partial charge in [0.2, 0.25) is 0 Å². The number of hydrogen-bond donors (Lipinski definition) is 0. The Morgan fingerprint density at radius 2 is 1.25 bits per heavy atom. The van der Waals surface area contributed by atoms with Gasteiger partial charge in [0.15, 0.2) is 0 Å². The molecule has 0 saturated heterocycles. The van der Waals surface area contributed by atoms with Crippen molar-refractivity contribution in [2.45, 2.75) is 106 Å². The molecular formula is C52H58Cl2Zr-2. The summed E-state index contributed by atoms with van der Waals surface area (Å²) in [6.45, 7) is 22.8. The van der Waals surface area contributed by atoms with Gasteiger partial charge >= 0.3 is 112 Å². The maximum atomic E-state index is 3.26. The van der Waals surface area contributed by atoms with Crippen LogP contribution in [0.5, 0.6) is 0 Å². The van der Waals surface area contributed by atoms with Crippen molar-refractivity contribution in [1.82, 2.24) is 0 Å². The van der Waals surface area contributed by atoms with Gasteiger partial charge in [-0.25, -0.2) is 18.6 Å². The molecule has 0 amide bonds. The van der Waals surface area contributed by atoms with Crippen molar-refractivity contribution in [3.63, 3.8) is 0 Å². The Kier molecular flexibility index (Phi) is 14.7. The van der Waals surface area contributed by atoms with E-state index >= 15 is 0 Å². The van der Waals surface area contributed by atoms with Crippen LogP contribution in [0.15, 0.2) is 115 Å². The van der Waals surface area contributed by atoms with Gasteiger partial charge in [-0.3, -0.25) is 6.08 Å². The summed E-state index contributed by atoms with van der Waals surface area (Å²) >= 11 is 1.55. The van der Waals surface area contributed by atoms with Crippen LogP contribution in [0, 0.1) is 23.8 Å². The van der Waals surface area contributed by atoms with Crippen LogP contribution in [0.25, 0.3) is 22.3 Å². The van der Waals surface area contributed by atoms with Crippen LogP contribution >= 0.6 is 0 Å². The van der Waals surface area contributed by atoms with E-state index in [-0.39, 0.29) is 35.6 Å². The number of fused-ring (bicyclic) bond motifs is 5. The predicted molar refractivity (Wildman–Crippen MR) is 227 cm³/mol. The molecule has 0 bridgehead atoms. The first kappa shape index (κ1) is 44.8. The normalized spacial score (nSPS) is 17.6. The molecule has 0 spiro atoms. The molecule has 0 fully saturated rings. The molecule has 4 aromatic rings. The van der Waals surface area contributed by atoms with E-state index in [1.807, 2.05) is 0 Å². The van der Waals surface area contributed by atoms with E-state index in [9.17, 15) is 0 Å². The number of benzene rings is 4.